The van der Waals surface area contributed by atoms with Gasteiger partial charge in [0.15, 0.2) is 0 Å². The van der Waals surface area contributed by atoms with E-state index in [1.807, 2.05) is 60.7 Å². The van der Waals surface area contributed by atoms with E-state index in [0.717, 1.165) is 11.1 Å². The molecule has 1 fully saturated rings. The van der Waals surface area contributed by atoms with Crippen molar-refractivity contribution in [3.05, 3.63) is 71.8 Å². The highest BCUT2D eigenvalue weighted by molar-refractivity contribution is 5.75. The summed E-state index contributed by atoms with van der Waals surface area (Å²) in [6, 6.07) is 18.8. The molecule has 0 spiro atoms. The van der Waals surface area contributed by atoms with E-state index >= 15 is 0 Å². The lowest BCUT2D eigenvalue weighted by Gasteiger charge is -2.41. The van der Waals surface area contributed by atoms with E-state index in [4.69, 9.17) is 9.47 Å². The number of hydrogen-bond acceptors (Lipinski definition) is 4. The maximum absolute atomic E-state index is 12.0. The van der Waals surface area contributed by atoms with Crippen molar-refractivity contribution in [1.29, 1.82) is 0 Å². The minimum atomic E-state index is -0.554. The summed E-state index contributed by atoms with van der Waals surface area (Å²) < 4.78 is 10.4. The van der Waals surface area contributed by atoms with Gasteiger partial charge in [0.2, 0.25) is 0 Å². The molecule has 2 aromatic rings. The molecule has 0 aliphatic carbocycles. The first kappa shape index (κ1) is 15.9. The van der Waals surface area contributed by atoms with E-state index in [2.05, 4.69) is 0 Å². The Morgan fingerprint density at radius 3 is 1.42 bits per heavy atom. The Hall–Kier alpha value is -3.02. The Kier molecular flexibility index (Phi) is 4.96. The molecule has 0 saturated carbocycles. The van der Waals surface area contributed by atoms with Gasteiger partial charge < -0.3 is 9.47 Å². The van der Waals surface area contributed by atoms with Crippen molar-refractivity contribution >= 4 is 12.2 Å². The molecule has 24 heavy (non-hydrogen) atoms. The first-order valence-electron chi connectivity index (χ1n) is 7.70. The van der Waals surface area contributed by atoms with Gasteiger partial charge in [-0.05, 0) is 11.1 Å². The molecule has 1 aliphatic rings. The standard InChI is InChI=1S/C18H18N2O4/c21-17(23-13-15-7-3-1-4-8-15)19-11-12-20(19)18(22)24-14-16-9-5-2-6-10-16/h1-10H,11-14H2. The van der Waals surface area contributed by atoms with Gasteiger partial charge in [-0.1, -0.05) is 60.7 Å². The number of hydrogen-bond donors (Lipinski definition) is 0. The number of ether oxygens (including phenoxy) is 2. The fourth-order valence-corrected chi connectivity index (χ4v) is 2.27. The molecule has 2 aromatic carbocycles. The Morgan fingerprint density at radius 2 is 1.08 bits per heavy atom. The van der Waals surface area contributed by atoms with Crippen LogP contribution in [-0.4, -0.2) is 35.3 Å². The fourth-order valence-electron chi connectivity index (χ4n) is 2.27. The van der Waals surface area contributed by atoms with Crippen LogP contribution in [0, 0.1) is 0 Å². The Balaban J connectivity index is 1.46. The molecule has 124 valence electrons. The minimum Gasteiger partial charge on any atom is -0.443 e. The zero-order chi connectivity index (χ0) is 16.8. The van der Waals surface area contributed by atoms with E-state index in [1.165, 1.54) is 10.0 Å². The first-order valence-corrected chi connectivity index (χ1v) is 7.70. The van der Waals surface area contributed by atoms with Crippen LogP contribution < -0.4 is 0 Å². The fraction of sp³-hybridized carbons (Fsp3) is 0.222. The predicted molar refractivity (Wildman–Crippen MR) is 86.7 cm³/mol. The lowest BCUT2D eigenvalue weighted by molar-refractivity contribution is -0.0819. The van der Waals surface area contributed by atoms with Gasteiger partial charge >= 0.3 is 12.2 Å². The molecule has 3 rings (SSSR count). The summed E-state index contributed by atoms with van der Waals surface area (Å²) in [5.74, 6) is 0. The van der Waals surface area contributed by atoms with Gasteiger partial charge in [-0.2, -0.15) is 0 Å². The third-order valence-corrected chi connectivity index (χ3v) is 3.65. The number of hydrazine groups is 1. The smallest absolute Gasteiger partial charge is 0.429 e. The molecule has 0 atom stereocenters. The second-order valence-electron chi connectivity index (χ2n) is 5.33. The molecule has 0 unspecified atom stereocenters. The molecule has 1 saturated heterocycles. The van der Waals surface area contributed by atoms with Gasteiger partial charge in [-0.15, -0.1) is 0 Å². The van der Waals surface area contributed by atoms with Crippen molar-refractivity contribution in [1.82, 2.24) is 10.0 Å². The number of nitrogens with zero attached hydrogens (tertiary/aromatic N) is 2. The number of carbonyl (C=O) groups excluding carboxylic acids is 2. The molecule has 2 amide bonds. The number of amides is 2. The molecule has 0 N–H and O–H groups in total. The summed E-state index contributed by atoms with van der Waals surface area (Å²) in [5.41, 5.74) is 1.79. The average Bonchev–Trinajstić information content (AvgIpc) is 2.59. The summed E-state index contributed by atoms with van der Waals surface area (Å²) in [5, 5.41) is 2.49. The van der Waals surface area contributed by atoms with Crippen LogP contribution in [-0.2, 0) is 22.7 Å². The SMILES string of the molecule is O=C(OCc1ccccc1)N1CCN1C(=O)OCc1ccccc1. The van der Waals surface area contributed by atoms with Crippen LogP contribution in [0.3, 0.4) is 0 Å². The van der Waals surface area contributed by atoms with Crippen molar-refractivity contribution in [3.8, 4) is 0 Å². The summed E-state index contributed by atoms with van der Waals surface area (Å²) >= 11 is 0. The normalized spacial score (nSPS) is 13.2. The van der Waals surface area contributed by atoms with E-state index < -0.39 is 12.2 Å². The molecule has 6 nitrogen and oxygen atoms in total. The van der Waals surface area contributed by atoms with Crippen LogP contribution in [0.5, 0.6) is 0 Å². The zero-order valence-electron chi connectivity index (χ0n) is 13.1. The summed E-state index contributed by atoms with van der Waals surface area (Å²) in [6.45, 7) is 1.22. The van der Waals surface area contributed by atoms with Crippen LogP contribution in [0.2, 0.25) is 0 Å². The zero-order valence-corrected chi connectivity index (χ0v) is 13.1. The number of benzene rings is 2. The Bertz CT molecular complexity index is 629. The summed E-state index contributed by atoms with van der Waals surface area (Å²) in [7, 11) is 0. The number of rotatable bonds is 4. The van der Waals surface area contributed by atoms with Crippen LogP contribution in [0.15, 0.2) is 60.7 Å². The molecule has 0 bridgehead atoms. The highest BCUT2D eigenvalue weighted by Crippen LogP contribution is 2.15. The van der Waals surface area contributed by atoms with E-state index in [9.17, 15) is 9.59 Å². The molecule has 0 aromatic heterocycles. The predicted octanol–water partition coefficient (Wildman–Crippen LogP) is 3.19. The topological polar surface area (TPSA) is 59.1 Å². The van der Waals surface area contributed by atoms with Crippen LogP contribution in [0.25, 0.3) is 0 Å². The summed E-state index contributed by atoms with van der Waals surface area (Å²) in [6.07, 6.45) is -1.11. The van der Waals surface area contributed by atoms with E-state index in [1.54, 1.807) is 0 Å². The van der Waals surface area contributed by atoms with E-state index in [0.29, 0.717) is 13.1 Å². The molecule has 6 heteroatoms. The van der Waals surface area contributed by atoms with Gasteiger partial charge in [-0.3, -0.25) is 0 Å². The van der Waals surface area contributed by atoms with Crippen molar-refractivity contribution in [2.24, 2.45) is 0 Å². The third-order valence-electron chi connectivity index (χ3n) is 3.65. The monoisotopic (exact) mass is 326 g/mol. The quantitative estimate of drug-likeness (QED) is 0.866. The first-order chi connectivity index (χ1) is 11.7. The Morgan fingerprint density at radius 1 is 0.708 bits per heavy atom. The Labute approximate surface area is 140 Å². The van der Waals surface area contributed by atoms with Gasteiger partial charge in [0.05, 0.1) is 13.1 Å². The maximum atomic E-state index is 12.0. The van der Waals surface area contributed by atoms with Crippen molar-refractivity contribution in [2.75, 3.05) is 13.1 Å². The maximum Gasteiger partial charge on any atom is 0.429 e. The van der Waals surface area contributed by atoms with E-state index in [-0.39, 0.29) is 13.2 Å². The lowest BCUT2D eigenvalue weighted by Crippen LogP contribution is -2.62. The molecular formula is C18H18N2O4. The lowest BCUT2D eigenvalue weighted by atomic mass is 10.2. The summed E-state index contributed by atoms with van der Waals surface area (Å²) in [4.78, 5) is 24.1. The third kappa shape index (κ3) is 3.84. The molecular weight excluding hydrogens is 308 g/mol. The highest BCUT2D eigenvalue weighted by atomic mass is 16.6. The second kappa shape index (κ2) is 7.50. The van der Waals surface area contributed by atoms with Gasteiger partial charge in [0.1, 0.15) is 13.2 Å². The highest BCUT2D eigenvalue weighted by Gasteiger charge is 2.36. The van der Waals surface area contributed by atoms with Gasteiger partial charge in [-0.25, -0.2) is 19.6 Å². The van der Waals surface area contributed by atoms with Crippen molar-refractivity contribution < 1.29 is 19.1 Å². The van der Waals surface area contributed by atoms with Crippen molar-refractivity contribution in [3.63, 3.8) is 0 Å². The molecule has 1 aliphatic heterocycles. The van der Waals surface area contributed by atoms with Crippen LogP contribution in [0.1, 0.15) is 11.1 Å². The molecule has 1 heterocycles. The second-order valence-corrected chi connectivity index (χ2v) is 5.33. The van der Waals surface area contributed by atoms with Gasteiger partial charge in [0, 0.05) is 0 Å². The average molecular weight is 326 g/mol. The van der Waals surface area contributed by atoms with Gasteiger partial charge in [0.25, 0.3) is 0 Å². The van der Waals surface area contributed by atoms with Crippen molar-refractivity contribution in [2.45, 2.75) is 13.2 Å². The molecule has 0 radical (unpaired) electrons. The van der Waals surface area contributed by atoms with Crippen LogP contribution >= 0.6 is 0 Å². The largest absolute Gasteiger partial charge is 0.443 e. The van der Waals surface area contributed by atoms with Crippen LogP contribution in [0.4, 0.5) is 9.59 Å². The minimum absolute atomic E-state index is 0.170. The number of carbonyl (C=O) groups is 2.